The van der Waals surface area contributed by atoms with E-state index >= 15 is 0 Å². The smallest absolute Gasteiger partial charge is 0.333 e. The van der Waals surface area contributed by atoms with Crippen LogP contribution < -0.4 is 11.2 Å². The van der Waals surface area contributed by atoms with Crippen molar-refractivity contribution in [3.63, 3.8) is 0 Å². The fourth-order valence-corrected chi connectivity index (χ4v) is 4.31. The monoisotopic (exact) mass is 437 g/mol. The second-order valence-electron chi connectivity index (χ2n) is 9.27. The molecule has 8 nitrogen and oxygen atoms in total. The van der Waals surface area contributed by atoms with Crippen molar-refractivity contribution in [3.05, 3.63) is 63.1 Å². The Hall–Kier alpha value is -3.16. The Labute approximate surface area is 187 Å². The maximum atomic E-state index is 13.4. The van der Waals surface area contributed by atoms with Crippen LogP contribution in [0.5, 0.6) is 0 Å². The molecule has 0 atom stereocenters. The average molecular weight is 438 g/mol. The number of hydrogen-bond donors (Lipinski definition) is 0. The van der Waals surface area contributed by atoms with Crippen molar-refractivity contribution in [1.82, 2.24) is 23.6 Å². The predicted molar refractivity (Wildman–Crippen MR) is 124 cm³/mol. The molecule has 4 rings (SSSR count). The van der Waals surface area contributed by atoms with E-state index < -0.39 is 11.2 Å². The molecule has 1 amide bonds. The summed E-state index contributed by atoms with van der Waals surface area (Å²) in [6, 6.07) is 9.59. The molecule has 0 spiro atoms. The first-order chi connectivity index (χ1) is 15.3. The van der Waals surface area contributed by atoms with Gasteiger partial charge in [-0.05, 0) is 30.2 Å². The molecule has 8 heteroatoms. The number of piperidine rings is 1. The van der Waals surface area contributed by atoms with Gasteiger partial charge in [-0.25, -0.2) is 14.3 Å². The first-order valence-corrected chi connectivity index (χ1v) is 11.3. The minimum atomic E-state index is -0.500. The highest BCUT2D eigenvalue weighted by Gasteiger charge is 2.24. The first-order valence-electron chi connectivity index (χ1n) is 11.3. The van der Waals surface area contributed by atoms with Gasteiger partial charge >= 0.3 is 5.69 Å². The lowest BCUT2D eigenvalue weighted by atomic mass is 9.99. The Morgan fingerprint density at radius 1 is 1.09 bits per heavy atom. The molecule has 1 aromatic carbocycles. The topological polar surface area (TPSA) is 82.1 Å². The van der Waals surface area contributed by atoms with E-state index in [1.807, 2.05) is 30.3 Å². The summed E-state index contributed by atoms with van der Waals surface area (Å²) in [5, 5.41) is 0. The molecule has 2 aromatic heterocycles. The van der Waals surface area contributed by atoms with Crippen LogP contribution in [-0.2, 0) is 24.4 Å². The van der Waals surface area contributed by atoms with Crippen molar-refractivity contribution in [2.45, 2.75) is 53.2 Å². The van der Waals surface area contributed by atoms with Crippen molar-refractivity contribution in [1.29, 1.82) is 0 Å². The zero-order chi connectivity index (χ0) is 22.8. The number of benzene rings is 1. The standard InChI is InChI=1S/C24H31N5O3/c1-17(2)13-27-16-25-22-21(27)23(31)29(15-20(30)26-11-9-18(3)10-12-26)24(32)28(22)14-19-7-5-4-6-8-19/h4-8,16-18H,9-15H2,1-3H3. The Kier molecular flexibility index (Phi) is 6.30. The molecule has 1 aliphatic rings. The lowest BCUT2D eigenvalue weighted by molar-refractivity contribution is -0.133. The molecule has 0 unspecified atom stereocenters. The van der Waals surface area contributed by atoms with E-state index in [4.69, 9.17) is 0 Å². The van der Waals surface area contributed by atoms with Crippen molar-refractivity contribution in [2.75, 3.05) is 13.1 Å². The number of amides is 1. The molecule has 0 N–H and O–H groups in total. The molecule has 32 heavy (non-hydrogen) atoms. The Morgan fingerprint density at radius 3 is 2.44 bits per heavy atom. The van der Waals surface area contributed by atoms with Gasteiger partial charge in [-0.1, -0.05) is 51.1 Å². The molecule has 3 aromatic rings. The number of carbonyl (C=O) groups excluding carboxylic acids is 1. The minimum Gasteiger partial charge on any atom is -0.341 e. The Bertz CT molecular complexity index is 1210. The zero-order valence-corrected chi connectivity index (χ0v) is 19.0. The highest BCUT2D eigenvalue weighted by molar-refractivity contribution is 5.77. The summed E-state index contributed by atoms with van der Waals surface area (Å²) in [6.45, 7) is 8.28. The summed E-state index contributed by atoms with van der Waals surface area (Å²) in [5.74, 6) is 0.704. The van der Waals surface area contributed by atoms with Crippen LogP contribution in [-0.4, -0.2) is 42.6 Å². The SMILES string of the molecule is CC(C)Cn1cnc2c1c(=O)n(CC(=O)N1CCC(C)CC1)c(=O)n2Cc1ccccc1. The zero-order valence-electron chi connectivity index (χ0n) is 19.0. The van der Waals surface area contributed by atoms with Gasteiger partial charge in [-0.15, -0.1) is 0 Å². The second kappa shape index (κ2) is 9.14. The van der Waals surface area contributed by atoms with Gasteiger partial charge in [0.1, 0.15) is 6.54 Å². The van der Waals surface area contributed by atoms with Gasteiger partial charge in [0, 0.05) is 19.6 Å². The molecule has 1 fully saturated rings. The van der Waals surface area contributed by atoms with Gasteiger partial charge in [0.25, 0.3) is 5.56 Å². The van der Waals surface area contributed by atoms with Crippen LogP contribution in [0.4, 0.5) is 0 Å². The quantitative estimate of drug-likeness (QED) is 0.593. The van der Waals surface area contributed by atoms with Gasteiger partial charge in [-0.3, -0.25) is 14.2 Å². The normalized spacial score (nSPS) is 15.1. The summed E-state index contributed by atoms with van der Waals surface area (Å²) in [4.78, 5) is 46.0. The van der Waals surface area contributed by atoms with E-state index in [1.165, 1.54) is 4.57 Å². The largest absolute Gasteiger partial charge is 0.341 e. The molecular weight excluding hydrogens is 406 g/mol. The van der Waals surface area contributed by atoms with Crippen molar-refractivity contribution in [2.24, 2.45) is 11.8 Å². The number of imidazole rings is 1. The summed E-state index contributed by atoms with van der Waals surface area (Å²) in [6.07, 6.45) is 3.50. The number of carbonyl (C=O) groups is 1. The molecule has 1 aliphatic heterocycles. The summed E-state index contributed by atoms with van der Waals surface area (Å²) >= 11 is 0. The molecule has 1 saturated heterocycles. The van der Waals surface area contributed by atoms with E-state index in [-0.39, 0.29) is 19.0 Å². The van der Waals surface area contributed by atoms with Crippen molar-refractivity contribution >= 4 is 17.1 Å². The van der Waals surface area contributed by atoms with Crippen LogP contribution in [0.3, 0.4) is 0 Å². The summed E-state index contributed by atoms with van der Waals surface area (Å²) < 4.78 is 4.39. The Morgan fingerprint density at radius 2 is 1.78 bits per heavy atom. The first kappa shape index (κ1) is 22.0. The summed E-state index contributed by atoms with van der Waals surface area (Å²) in [5.41, 5.74) is 0.705. The van der Waals surface area contributed by atoms with E-state index in [0.29, 0.717) is 42.6 Å². The third-order valence-electron chi connectivity index (χ3n) is 6.16. The number of rotatable bonds is 6. The van der Waals surface area contributed by atoms with E-state index in [9.17, 15) is 14.4 Å². The molecule has 170 valence electrons. The second-order valence-corrected chi connectivity index (χ2v) is 9.27. The van der Waals surface area contributed by atoms with Gasteiger partial charge in [0.05, 0.1) is 12.9 Å². The number of fused-ring (bicyclic) bond motifs is 1. The van der Waals surface area contributed by atoms with Crippen LogP contribution >= 0.6 is 0 Å². The average Bonchev–Trinajstić information content (AvgIpc) is 3.18. The van der Waals surface area contributed by atoms with Crippen LogP contribution in [0.1, 0.15) is 39.2 Å². The van der Waals surface area contributed by atoms with Crippen LogP contribution in [0, 0.1) is 11.8 Å². The maximum absolute atomic E-state index is 13.4. The fraction of sp³-hybridized carbons (Fsp3) is 0.500. The van der Waals surface area contributed by atoms with Gasteiger partial charge in [-0.2, -0.15) is 0 Å². The molecule has 0 bridgehead atoms. The highest BCUT2D eigenvalue weighted by atomic mass is 16.2. The number of aromatic nitrogens is 4. The fourth-order valence-electron chi connectivity index (χ4n) is 4.31. The molecule has 0 radical (unpaired) electrons. The number of nitrogens with zero attached hydrogens (tertiary/aromatic N) is 5. The molecule has 3 heterocycles. The van der Waals surface area contributed by atoms with Gasteiger partial charge in [0.2, 0.25) is 5.91 Å². The minimum absolute atomic E-state index is 0.184. The maximum Gasteiger partial charge on any atom is 0.333 e. The third-order valence-corrected chi connectivity index (χ3v) is 6.16. The predicted octanol–water partition coefficient (Wildman–Crippen LogP) is 2.32. The van der Waals surface area contributed by atoms with Gasteiger partial charge < -0.3 is 9.47 Å². The van der Waals surface area contributed by atoms with Crippen LogP contribution in [0.15, 0.2) is 46.2 Å². The van der Waals surface area contributed by atoms with Gasteiger partial charge in [0.15, 0.2) is 11.2 Å². The highest BCUT2D eigenvalue weighted by Crippen LogP contribution is 2.16. The number of hydrogen-bond acceptors (Lipinski definition) is 4. The van der Waals surface area contributed by atoms with E-state index in [0.717, 1.165) is 23.0 Å². The van der Waals surface area contributed by atoms with Crippen LogP contribution in [0.25, 0.3) is 11.2 Å². The molecular formula is C24H31N5O3. The van der Waals surface area contributed by atoms with Crippen LogP contribution in [0.2, 0.25) is 0 Å². The van der Waals surface area contributed by atoms with E-state index in [2.05, 4.69) is 25.8 Å². The molecule has 0 aliphatic carbocycles. The third kappa shape index (κ3) is 4.40. The van der Waals surface area contributed by atoms with Crippen molar-refractivity contribution < 1.29 is 4.79 Å². The summed E-state index contributed by atoms with van der Waals surface area (Å²) in [7, 11) is 0. The Balaban J connectivity index is 1.79. The number of likely N-dealkylation sites (tertiary alicyclic amines) is 1. The lowest BCUT2D eigenvalue weighted by Crippen LogP contribution is -2.47. The van der Waals surface area contributed by atoms with E-state index in [1.54, 1.807) is 15.8 Å². The lowest BCUT2D eigenvalue weighted by Gasteiger charge is -2.30. The molecule has 0 saturated carbocycles. The van der Waals surface area contributed by atoms with Crippen molar-refractivity contribution in [3.8, 4) is 0 Å².